The zero-order valence-electron chi connectivity index (χ0n) is 3.46. The average molecular weight is 99.1 g/mol. The molecule has 0 aliphatic carbocycles. The van der Waals surface area contributed by atoms with Crippen LogP contribution in [0.3, 0.4) is 0 Å². The van der Waals surface area contributed by atoms with E-state index in [2.05, 4.69) is 10.8 Å². The van der Waals surface area contributed by atoms with E-state index in [0.717, 1.165) is 6.54 Å². The molecule has 0 unspecified atom stereocenters. The molecular formula is C4H6NP. The summed E-state index contributed by atoms with van der Waals surface area (Å²) in [6.45, 7) is 1.03. The molecule has 0 aromatic heterocycles. The maximum atomic E-state index is 3.99. The summed E-state index contributed by atoms with van der Waals surface area (Å²) in [5, 5.41) is 0. The second-order valence-corrected chi connectivity index (χ2v) is 2.22. The van der Waals surface area contributed by atoms with Crippen molar-refractivity contribution in [2.75, 3.05) is 12.7 Å². The second kappa shape index (κ2) is 2.09. The molecular weight excluding hydrogens is 93.0 g/mol. The molecule has 0 amide bonds. The first-order valence-corrected chi connectivity index (χ1v) is 3.13. The minimum atomic E-state index is 1.03. The van der Waals surface area contributed by atoms with Crippen molar-refractivity contribution in [2.45, 2.75) is 0 Å². The smallest absolute Gasteiger partial charge is 0.0465 e. The standard InChI is InChI=1S/C4H6NP/c1-3-6-4-2-5-1/h1,3H,2,4H2. The molecule has 1 heterocycles. The molecule has 2 heteroatoms. The van der Waals surface area contributed by atoms with E-state index in [1.807, 2.05) is 6.21 Å². The van der Waals surface area contributed by atoms with Gasteiger partial charge in [-0.05, 0) is 5.80 Å². The lowest BCUT2D eigenvalue weighted by Crippen LogP contribution is -1.87. The highest BCUT2D eigenvalue weighted by molar-refractivity contribution is 7.40. The lowest BCUT2D eigenvalue weighted by atomic mass is 10.7. The van der Waals surface area contributed by atoms with E-state index in [1.165, 1.54) is 14.4 Å². The monoisotopic (exact) mass is 99.0 g/mol. The summed E-state index contributed by atoms with van der Waals surface area (Å²) >= 11 is 0. The van der Waals surface area contributed by atoms with Crippen molar-refractivity contribution >= 4 is 20.2 Å². The second-order valence-electron chi connectivity index (χ2n) is 1.11. The van der Waals surface area contributed by atoms with Gasteiger partial charge in [-0.2, -0.15) is 0 Å². The molecule has 0 fully saturated rings. The molecule has 32 valence electrons. The number of aliphatic imine (C=N–C) groups is 1. The lowest BCUT2D eigenvalue weighted by Gasteiger charge is -1.88. The van der Waals surface area contributed by atoms with Crippen molar-refractivity contribution in [1.82, 2.24) is 0 Å². The average Bonchev–Trinajstić information content (AvgIpc) is 1.72. The van der Waals surface area contributed by atoms with Crippen LogP contribution in [0, 0.1) is 0 Å². The largest absolute Gasteiger partial charge is 0.292 e. The third-order valence-electron chi connectivity index (χ3n) is 0.636. The number of hydrogen-bond acceptors (Lipinski definition) is 1. The van der Waals surface area contributed by atoms with Gasteiger partial charge in [0.15, 0.2) is 0 Å². The molecule has 0 saturated carbocycles. The molecule has 6 heavy (non-hydrogen) atoms. The Balaban J connectivity index is 2.46. The molecule has 0 bridgehead atoms. The first-order chi connectivity index (χ1) is 3.00. The molecule has 0 spiro atoms. The van der Waals surface area contributed by atoms with Gasteiger partial charge in [-0.1, -0.05) is 0 Å². The van der Waals surface area contributed by atoms with Gasteiger partial charge < -0.3 is 0 Å². The molecule has 1 nitrogen and oxygen atoms in total. The Morgan fingerprint density at radius 2 is 2.67 bits per heavy atom. The summed E-state index contributed by atoms with van der Waals surface area (Å²) in [4.78, 5) is 3.99. The van der Waals surface area contributed by atoms with Crippen LogP contribution in [0.1, 0.15) is 0 Å². The van der Waals surface area contributed by atoms with E-state index in [1.54, 1.807) is 0 Å². The van der Waals surface area contributed by atoms with Crippen molar-refractivity contribution in [3.8, 4) is 0 Å². The minimum Gasteiger partial charge on any atom is -0.292 e. The van der Waals surface area contributed by atoms with Crippen LogP contribution in [0.25, 0.3) is 0 Å². The van der Waals surface area contributed by atoms with Gasteiger partial charge in [0, 0.05) is 18.9 Å². The number of rotatable bonds is 0. The van der Waals surface area contributed by atoms with E-state index in [9.17, 15) is 0 Å². The van der Waals surface area contributed by atoms with Crippen molar-refractivity contribution in [2.24, 2.45) is 4.99 Å². The summed E-state index contributed by atoms with van der Waals surface area (Å²) in [5.74, 6) is 2.07. The van der Waals surface area contributed by atoms with E-state index in [4.69, 9.17) is 0 Å². The zero-order chi connectivity index (χ0) is 4.24. The Labute approximate surface area is 38.9 Å². The van der Waals surface area contributed by atoms with Crippen molar-refractivity contribution in [1.29, 1.82) is 0 Å². The van der Waals surface area contributed by atoms with E-state index >= 15 is 0 Å². The zero-order valence-corrected chi connectivity index (χ0v) is 4.36. The number of nitrogens with zero attached hydrogens (tertiary/aromatic N) is 1. The fraction of sp³-hybridized carbons (Fsp3) is 0.500. The quantitative estimate of drug-likeness (QED) is 0.399. The first kappa shape index (κ1) is 4.01. The summed E-state index contributed by atoms with van der Waals surface area (Å²) in [5.41, 5.74) is 0. The molecule has 0 aromatic rings. The Morgan fingerprint density at radius 1 is 1.67 bits per heavy atom. The van der Waals surface area contributed by atoms with Crippen LogP contribution in [0.2, 0.25) is 0 Å². The van der Waals surface area contributed by atoms with Crippen LogP contribution in [-0.2, 0) is 0 Å². The highest BCUT2D eigenvalue weighted by Crippen LogP contribution is 1.94. The van der Waals surface area contributed by atoms with Gasteiger partial charge in [0.25, 0.3) is 0 Å². The predicted octanol–water partition coefficient (Wildman–Crippen LogP) is 0.819. The predicted molar refractivity (Wildman–Crippen MR) is 31.2 cm³/mol. The Bertz CT molecular complexity index is 73.5. The van der Waals surface area contributed by atoms with Crippen LogP contribution < -0.4 is 0 Å². The third-order valence-corrected chi connectivity index (χ3v) is 1.44. The number of hydrogen-bond donors (Lipinski definition) is 0. The van der Waals surface area contributed by atoms with Crippen molar-refractivity contribution < 1.29 is 0 Å². The van der Waals surface area contributed by atoms with Gasteiger partial charge >= 0.3 is 0 Å². The van der Waals surface area contributed by atoms with Gasteiger partial charge in [0.05, 0.1) is 0 Å². The Hall–Kier alpha value is -0.160. The normalized spacial score (nSPS) is 21.3. The van der Waals surface area contributed by atoms with Crippen molar-refractivity contribution in [3.05, 3.63) is 0 Å². The topological polar surface area (TPSA) is 12.4 Å². The van der Waals surface area contributed by atoms with Crippen LogP contribution in [-0.4, -0.2) is 24.7 Å². The first-order valence-electron chi connectivity index (χ1n) is 1.98. The molecule has 0 N–H and O–H groups in total. The molecule has 0 saturated heterocycles. The van der Waals surface area contributed by atoms with Gasteiger partial charge in [-0.15, -0.1) is 8.20 Å². The highest BCUT2D eigenvalue weighted by atomic mass is 31.1. The van der Waals surface area contributed by atoms with Crippen LogP contribution in [0.4, 0.5) is 0 Å². The molecule has 0 atom stereocenters. The Kier molecular flexibility index (Phi) is 1.40. The Morgan fingerprint density at radius 3 is 2.83 bits per heavy atom. The molecule has 1 aliphatic heterocycles. The summed E-state index contributed by atoms with van der Waals surface area (Å²) in [6, 6.07) is 0. The van der Waals surface area contributed by atoms with Crippen LogP contribution in [0.5, 0.6) is 0 Å². The SMILES string of the molecule is C1=NCCP=C1. The van der Waals surface area contributed by atoms with E-state index in [0.29, 0.717) is 0 Å². The summed E-state index contributed by atoms with van der Waals surface area (Å²) in [6.07, 6.45) is 3.10. The molecule has 0 aromatic carbocycles. The minimum absolute atomic E-state index is 1.03. The molecule has 0 radical (unpaired) electrons. The van der Waals surface area contributed by atoms with Crippen molar-refractivity contribution in [3.63, 3.8) is 0 Å². The maximum Gasteiger partial charge on any atom is 0.0465 e. The third kappa shape index (κ3) is 0.908. The maximum absolute atomic E-state index is 3.99. The van der Waals surface area contributed by atoms with Crippen LogP contribution >= 0.6 is 8.20 Å². The van der Waals surface area contributed by atoms with Crippen LogP contribution in [0.15, 0.2) is 4.99 Å². The lowest BCUT2D eigenvalue weighted by molar-refractivity contribution is 1.16. The highest BCUT2D eigenvalue weighted by Gasteiger charge is 1.78. The molecule has 1 aliphatic rings. The summed E-state index contributed by atoms with van der Waals surface area (Å²) < 4.78 is 0. The fourth-order valence-corrected chi connectivity index (χ4v) is 0.927. The van der Waals surface area contributed by atoms with Gasteiger partial charge in [0.2, 0.25) is 0 Å². The van der Waals surface area contributed by atoms with Gasteiger partial charge in [-0.3, -0.25) is 4.99 Å². The summed E-state index contributed by atoms with van der Waals surface area (Å²) in [7, 11) is 1.42. The molecule has 1 rings (SSSR count). The van der Waals surface area contributed by atoms with E-state index in [-0.39, 0.29) is 0 Å². The van der Waals surface area contributed by atoms with Gasteiger partial charge in [0.1, 0.15) is 0 Å². The fourth-order valence-electron chi connectivity index (χ4n) is 0.359. The van der Waals surface area contributed by atoms with E-state index < -0.39 is 0 Å². The van der Waals surface area contributed by atoms with Gasteiger partial charge in [-0.25, -0.2) is 0 Å².